The molecule has 1 aliphatic rings. The first kappa shape index (κ1) is 21.2. The molecule has 0 aliphatic carbocycles. The van der Waals surface area contributed by atoms with Crippen molar-refractivity contribution in [3.8, 4) is 5.75 Å². The third-order valence-electron chi connectivity index (χ3n) is 5.56. The molecular formula is C24H32N2O3. The molecule has 1 saturated heterocycles. The molecule has 0 unspecified atom stereocenters. The number of ether oxygens (including phenoxy) is 2. The standard InChI is InChI=1S/C24H32N2O3/c1-16(2)21-15-22(17(3)14-23(21)28-5)18(4)25-24(27)19-6-8-20(9-7-19)26-10-12-29-13-11-26/h6-9,14-16,18H,10-13H2,1-5H3,(H,25,27)/t18-/m0/s1. The number of nitrogens with zero attached hydrogens (tertiary/aromatic N) is 1. The summed E-state index contributed by atoms with van der Waals surface area (Å²) < 4.78 is 10.9. The fourth-order valence-electron chi connectivity index (χ4n) is 3.81. The Morgan fingerprint density at radius 2 is 1.72 bits per heavy atom. The second-order valence-corrected chi connectivity index (χ2v) is 7.95. The van der Waals surface area contributed by atoms with Crippen molar-refractivity contribution in [1.29, 1.82) is 0 Å². The van der Waals surface area contributed by atoms with Crippen molar-refractivity contribution in [2.45, 2.75) is 39.7 Å². The fraction of sp³-hybridized carbons (Fsp3) is 0.458. The summed E-state index contributed by atoms with van der Waals surface area (Å²) in [5.41, 5.74) is 5.19. The Morgan fingerprint density at radius 1 is 1.07 bits per heavy atom. The van der Waals surface area contributed by atoms with Crippen molar-refractivity contribution in [3.63, 3.8) is 0 Å². The highest BCUT2D eigenvalue weighted by Crippen LogP contribution is 2.32. The van der Waals surface area contributed by atoms with Crippen molar-refractivity contribution in [3.05, 3.63) is 58.7 Å². The minimum atomic E-state index is -0.0928. The summed E-state index contributed by atoms with van der Waals surface area (Å²) in [6, 6.07) is 11.9. The number of amides is 1. The van der Waals surface area contributed by atoms with Gasteiger partial charge in [0, 0.05) is 24.3 Å². The third kappa shape index (κ3) is 4.91. The van der Waals surface area contributed by atoms with Crippen LogP contribution in [-0.4, -0.2) is 39.3 Å². The fourth-order valence-corrected chi connectivity index (χ4v) is 3.81. The smallest absolute Gasteiger partial charge is 0.251 e. The third-order valence-corrected chi connectivity index (χ3v) is 5.56. The second kappa shape index (κ2) is 9.31. The van der Waals surface area contributed by atoms with Gasteiger partial charge in [-0.05, 0) is 72.9 Å². The first-order valence-corrected chi connectivity index (χ1v) is 10.3. The van der Waals surface area contributed by atoms with E-state index >= 15 is 0 Å². The van der Waals surface area contributed by atoms with Gasteiger partial charge in [0.1, 0.15) is 5.75 Å². The number of carbonyl (C=O) groups is 1. The van der Waals surface area contributed by atoms with E-state index in [1.807, 2.05) is 31.2 Å². The van der Waals surface area contributed by atoms with Gasteiger partial charge in [-0.2, -0.15) is 0 Å². The van der Waals surface area contributed by atoms with Crippen LogP contribution in [0.2, 0.25) is 0 Å². The molecule has 3 rings (SSSR count). The Bertz CT molecular complexity index is 840. The molecule has 156 valence electrons. The average molecular weight is 397 g/mol. The van der Waals surface area contributed by atoms with E-state index in [2.05, 4.69) is 43.1 Å². The monoisotopic (exact) mass is 396 g/mol. The first-order chi connectivity index (χ1) is 13.9. The van der Waals surface area contributed by atoms with Crippen LogP contribution in [0.15, 0.2) is 36.4 Å². The van der Waals surface area contributed by atoms with E-state index in [1.165, 1.54) is 0 Å². The van der Waals surface area contributed by atoms with Crippen LogP contribution >= 0.6 is 0 Å². The molecule has 5 nitrogen and oxygen atoms in total. The number of morpholine rings is 1. The molecule has 1 atom stereocenters. The summed E-state index contributed by atoms with van der Waals surface area (Å²) >= 11 is 0. The molecule has 5 heteroatoms. The summed E-state index contributed by atoms with van der Waals surface area (Å²) in [4.78, 5) is 15.1. The normalized spacial score (nSPS) is 15.3. The van der Waals surface area contributed by atoms with Crippen LogP contribution in [0, 0.1) is 6.92 Å². The minimum absolute atomic E-state index is 0.0626. The highest BCUT2D eigenvalue weighted by molar-refractivity contribution is 5.94. The lowest BCUT2D eigenvalue weighted by molar-refractivity contribution is 0.0939. The number of carbonyl (C=O) groups excluding carboxylic acids is 1. The number of rotatable bonds is 6. The zero-order valence-corrected chi connectivity index (χ0v) is 18.1. The highest BCUT2D eigenvalue weighted by Gasteiger charge is 2.18. The molecule has 0 radical (unpaired) electrons. The zero-order valence-electron chi connectivity index (χ0n) is 18.1. The maximum absolute atomic E-state index is 12.8. The predicted molar refractivity (Wildman–Crippen MR) is 117 cm³/mol. The van der Waals surface area contributed by atoms with Crippen molar-refractivity contribution in [2.24, 2.45) is 0 Å². The molecule has 1 heterocycles. The Hall–Kier alpha value is -2.53. The Labute approximate surface area is 174 Å². The lowest BCUT2D eigenvalue weighted by atomic mass is 9.93. The van der Waals surface area contributed by atoms with Crippen LogP contribution in [0.5, 0.6) is 5.75 Å². The number of hydrogen-bond acceptors (Lipinski definition) is 4. The van der Waals surface area contributed by atoms with E-state index in [-0.39, 0.29) is 11.9 Å². The van der Waals surface area contributed by atoms with Crippen LogP contribution in [0.1, 0.15) is 59.8 Å². The number of benzene rings is 2. The number of hydrogen-bond donors (Lipinski definition) is 1. The highest BCUT2D eigenvalue weighted by atomic mass is 16.5. The largest absolute Gasteiger partial charge is 0.496 e. The van der Waals surface area contributed by atoms with E-state index in [0.717, 1.165) is 54.4 Å². The molecule has 1 fully saturated rings. The lowest BCUT2D eigenvalue weighted by Gasteiger charge is -2.28. The molecule has 1 N–H and O–H groups in total. The van der Waals surface area contributed by atoms with Crippen LogP contribution in [-0.2, 0) is 4.74 Å². The summed E-state index contributed by atoms with van der Waals surface area (Å²) in [6.07, 6.45) is 0. The molecule has 0 spiro atoms. The molecule has 1 aliphatic heterocycles. The van der Waals surface area contributed by atoms with E-state index < -0.39 is 0 Å². The lowest BCUT2D eigenvalue weighted by Crippen LogP contribution is -2.36. The summed E-state index contributed by atoms with van der Waals surface area (Å²) in [5.74, 6) is 1.19. The number of anilines is 1. The van der Waals surface area contributed by atoms with Gasteiger partial charge in [-0.15, -0.1) is 0 Å². The zero-order chi connectivity index (χ0) is 21.0. The Balaban J connectivity index is 1.72. The van der Waals surface area contributed by atoms with Crippen LogP contribution < -0.4 is 15.0 Å². The van der Waals surface area contributed by atoms with E-state index in [1.54, 1.807) is 7.11 Å². The van der Waals surface area contributed by atoms with Gasteiger partial charge in [0.25, 0.3) is 5.91 Å². The number of nitrogens with one attached hydrogen (secondary N) is 1. The molecular weight excluding hydrogens is 364 g/mol. The van der Waals surface area contributed by atoms with E-state index in [4.69, 9.17) is 9.47 Å². The Kier molecular flexibility index (Phi) is 6.80. The quantitative estimate of drug-likeness (QED) is 0.784. The van der Waals surface area contributed by atoms with E-state index in [0.29, 0.717) is 11.5 Å². The maximum Gasteiger partial charge on any atom is 0.251 e. The average Bonchev–Trinajstić information content (AvgIpc) is 2.73. The van der Waals surface area contributed by atoms with Crippen molar-refractivity contribution >= 4 is 11.6 Å². The van der Waals surface area contributed by atoms with Gasteiger partial charge >= 0.3 is 0 Å². The minimum Gasteiger partial charge on any atom is -0.496 e. The van der Waals surface area contributed by atoms with Crippen molar-refractivity contribution in [1.82, 2.24) is 5.32 Å². The summed E-state index contributed by atoms with van der Waals surface area (Å²) in [6.45, 7) is 11.7. The van der Waals surface area contributed by atoms with Crippen molar-refractivity contribution in [2.75, 3.05) is 38.3 Å². The molecule has 29 heavy (non-hydrogen) atoms. The van der Waals surface area contributed by atoms with Crippen LogP contribution in [0.4, 0.5) is 5.69 Å². The number of methoxy groups -OCH3 is 1. The van der Waals surface area contributed by atoms with Gasteiger partial charge in [0.15, 0.2) is 0 Å². The van der Waals surface area contributed by atoms with E-state index in [9.17, 15) is 4.79 Å². The number of aryl methyl sites for hydroxylation is 1. The molecule has 2 aromatic rings. The second-order valence-electron chi connectivity index (χ2n) is 7.95. The SMILES string of the molecule is COc1cc(C)c([C@H](C)NC(=O)c2ccc(N3CCOCC3)cc2)cc1C(C)C. The molecule has 2 aromatic carbocycles. The van der Waals surface area contributed by atoms with Gasteiger partial charge < -0.3 is 19.7 Å². The molecule has 0 saturated carbocycles. The van der Waals surface area contributed by atoms with Gasteiger partial charge in [-0.3, -0.25) is 4.79 Å². The maximum atomic E-state index is 12.8. The van der Waals surface area contributed by atoms with Crippen LogP contribution in [0.3, 0.4) is 0 Å². The van der Waals surface area contributed by atoms with Gasteiger partial charge in [-0.1, -0.05) is 13.8 Å². The Morgan fingerprint density at radius 3 is 2.31 bits per heavy atom. The first-order valence-electron chi connectivity index (χ1n) is 10.3. The van der Waals surface area contributed by atoms with Crippen LogP contribution in [0.25, 0.3) is 0 Å². The van der Waals surface area contributed by atoms with Crippen molar-refractivity contribution < 1.29 is 14.3 Å². The molecule has 0 bridgehead atoms. The van der Waals surface area contributed by atoms with Gasteiger partial charge in [0.2, 0.25) is 0 Å². The summed E-state index contributed by atoms with van der Waals surface area (Å²) in [5, 5.41) is 3.14. The topological polar surface area (TPSA) is 50.8 Å². The van der Waals surface area contributed by atoms with Gasteiger partial charge in [-0.25, -0.2) is 0 Å². The molecule has 0 aromatic heterocycles. The predicted octanol–water partition coefficient (Wildman–Crippen LogP) is 4.45. The summed E-state index contributed by atoms with van der Waals surface area (Å²) in [7, 11) is 1.70. The van der Waals surface area contributed by atoms with Gasteiger partial charge in [0.05, 0.1) is 26.4 Å². The molecule has 1 amide bonds.